The molecule has 240 valence electrons. The molecule has 2 unspecified atom stereocenters. The van der Waals surface area contributed by atoms with Gasteiger partial charge in [0.15, 0.2) is 0 Å². The van der Waals surface area contributed by atoms with Gasteiger partial charge in [-0.25, -0.2) is 0 Å². The van der Waals surface area contributed by atoms with Gasteiger partial charge in [-0.15, -0.1) is 0 Å². The molecule has 0 N–H and O–H groups in total. The van der Waals surface area contributed by atoms with Crippen molar-refractivity contribution in [2.45, 2.75) is 216 Å². The van der Waals surface area contributed by atoms with Gasteiger partial charge in [-0.3, -0.25) is 19.9 Å². The third-order valence-corrected chi connectivity index (χ3v) is 13.7. The van der Waals surface area contributed by atoms with Crippen molar-refractivity contribution in [1.29, 1.82) is 0 Å². The lowest BCUT2D eigenvalue weighted by Gasteiger charge is -2.51. The molecule has 0 spiro atoms. The predicted molar refractivity (Wildman–Crippen MR) is 173 cm³/mol. The molecule has 6 aliphatic rings. The van der Waals surface area contributed by atoms with E-state index in [-0.39, 0.29) is 11.0 Å². The van der Waals surface area contributed by atoms with Crippen LogP contribution in [0.25, 0.3) is 0 Å². The second kappa shape index (κ2) is 15.1. The van der Waals surface area contributed by atoms with Gasteiger partial charge < -0.3 is 0 Å². The van der Waals surface area contributed by atoms with Crippen molar-refractivity contribution in [3.8, 4) is 0 Å². The molecule has 0 aromatic heterocycles. The summed E-state index contributed by atoms with van der Waals surface area (Å²) in [6, 6.07) is 4.45. The monoisotopic (exact) mass is 584 g/mol. The van der Waals surface area contributed by atoms with E-state index in [0.29, 0.717) is 6.04 Å². The fourth-order valence-electron chi connectivity index (χ4n) is 11.5. The van der Waals surface area contributed by atoms with Gasteiger partial charge in [-0.05, 0) is 120 Å². The van der Waals surface area contributed by atoms with E-state index >= 15 is 0 Å². The van der Waals surface area contributed by atoms with Gasteiger partial charge in [0, 0.05) is 54.0 Å². The predicted octanol–water partition coefficient (Wildman–Crippen LogP) is 9.54. The first kappa shape index (κ1) is 31.3. The van der Waals surface area contributed by atoms with Crippen molar-refractivity contribution in [3.63, 3.8) is 0 Å². The SMILES string of the molecule is CC1CCCC(N(C2CCCCC2)C2CCC(C3CCC(N(C4CCCCC4)C4CCC([N+](=O)[O-])CC4)CC3)CC2)C1. The van der Waals surface area contributed by atoms with E-state index < -0.39 is 0 Å². The lowest BCUT2D eigenvalue weighted by atomic mass is 9.70. The van der Waals surface area contributed by atoms with Crippen molar-refractivity contribution in [2.24, 2.45) is 17.8 Å². The highest BCUT2D eigenvalue weighted by Crippen LogP contribution is 2.45. The maximum atomic E-state index is 11.4. The second-order valence-corrected chi connectivity index (χ2v) is 16.3. The smallest absolute Gasteiger partial charge is 0.213 e. The van der Waals surface area contributed by atoms with Crippen LogP contribution in [0.1, 0.15) is 174 Å². The van der Waals surface area contributed by atoms with E-state index in [2.05, 4.69) is 16.7 Å². The van der Waals surface area contributed by atoms with Crippen LogP contribution in [-0.2, 0) is 0 Å². The Balaban J connectivity index is 1.03. The summed E-state index contributed by atoms with van der Waals surface area (Å²) in [6.07, 6.45) is 35.5. The zero-order valence-electron chi connectivity index (χ0n) is 27.3. The van der Waals surface area contributed by atoms with Gasteiger partial charge >= 0.3 is 0 Å². The Morgan fingerprint density at radius 3 is 1.26 bits per heavy atom. The van der Waals surface area contributed by atoms with Crippen molar-refractivity contribution in [1.82, 2.24) is 9.80 Å². The van der Waals surface area contributed by atoms with E-state index in [4.69, 9.17) is 0 Å². The van der Waals surface area contributed by atoms with E-state index in [9.17, 15) is 10.1 Å². The molecule has 42 heavy (non-hydrogen) atoms. The van der Waals surface area contributed by atoms with Crippen LogP contribution in [0.5, 0.6) is 0 Å². The van der Waals surface area contributed by atoms with E-state index in [0.717, 1.165) is 73.6 Å². The van der Waals surface area contributed by atoms with Crippen LogP contribution in [0.4, 0.5) is 0 Å². The topological polar surface area (TPSA) is 49.6 Å². The summed E-state index contributed by atoms with van der Waals surface area (Å²) in [5.41, 5.74) is 0. The molecule has 0 aliphatic heterocycles. The standard InChI is InChI=1S/C37H65N3O2/c1-28-9-8-14-37(27-28)39(32-12-6-3-7-13-32)34-21-17-30(18-22-34)29-15-19-33(20-16-29)38(31-10-4-2-5-11-31)35-23-25-36(26-24-35)40(41)42/h28-37H,2-27H2,1H3. The Morgan fingerprint density at radius 2 is 0.833 bits per heavy atom. The Hall–Kier alpha value is -0.680. The van der Waals surface area contributed by atoms with Gasteiger partial charge in [0.2, 0.25) is 6.04 Å². The molecule has 5 heteroatoms. The summed E-state index contributed by atoms with van der Waals surface area (Å²) in [6.45, 7) is 2.52. The van der Waals surface area contributed by atoms with Crippen LogP contribution >= 0.6 is 0 Å². The highest BCUT2D eigenvalue weighted by molar-refractivity contribution is 4.95. The Bertz CT molecular complexity index is 815. The first-order valence-corrected chi connectivity index (χ1v) is 19.2. The molecule has 0 aromatic rings. The van der Waals surface area contributed by atoms with Gasteiger partial charge in [0.05, 0.1) is 0 Å². The maximum absolute atomic E-state index is 11.4. The molecule has 5 nitrogen and oxygen atoms in total. The molecule has 0 radical (unpaired) electrons. The van der Waals surface area contributed by atoms with Crippen LogP contribution < -0.4 is 0 Å². The molecular weight excluding hydrogens is 518 g/mol. The minimum absolute atomic E-state index is 0.00512. The first-order chi connectivity index (χ1) is 20.6. The Morgan fingerprint density at radius 1 is 0.452 bits per heavy atom. The van der Waals surface area contributed by atoms with Crippen molar-refractivity contribution < 1.29 is 4.92 Å². The molecule has 6 fully saturated rings. The molecule has 0 amide bonds. The first-order valence-electron chi connectivity index (χ1n) is 19.2. The highest BCUT2D eigenvalue weighted by Gasteiger charge is 2.42. The van der Waals surface area contributed by atoms with Gasteiger partial charge in [0.25, 0.3) is 0 Å². The average molecular weight is 584 g/mol. The molecule has 6 saturated carbocycles. The fourth-order valence-corrected chi connectivity index (χ4v) is 11.5. The number of rotatable bonds is 8. The number of nitro groups is 1. The minimum Gasteiger partial charge on any atom is -0.294 e. The van der Waals surface area contributed by atoms with E-state index in [1.54, 1.807) is 0 Å². The third kappa shape index (κ3) is 7.57. The molecule has 6 aliphatic carbocycles. The maximum Gasteiger partial charge on any atom is 0.213 e. The normalized spacial score (nSPS) is 39.9. The molecular formula is C37H65N3O2. The van der Waals surface area contributed by atoms with Crippen molar-refractivity contribution in [2.75, 3.05) is 0 Å². The summed E-state index contributed by atoms with van der Waals surface area (Å²) in [5, 5.41) is 11.4. The van der Waals surface area contributed by atoms with E-state index in [1.807, 2.05) is 0 Å². The second-order valence-electron chi connectivity index (χ2n) is 16.3. The van der Waals surface area contributed by atoms with Crippen LogP contribution in [0.3, 0.4) is 0 Å². The summed E-state index contributed by atoms with van der Waals surface area (Å²) < 4.78 is 0. The zero-order valence-corrected chi connectivity index (χ0v) is 27.3. The quantitative estimate of drug-likeness (QED) is 0.211. The molecule has 0 bridgehead atoms. The lowest BCUT2D eigenvalue weighted by molar-refractivity contribution is -0.527. The van der Waals surface area contributed by atoms with Crippen LogP contribution in [0.15, 0.2) is 0 Å². The third-order valence-electron chi connectivity index (χ3n) is 13.7. The Labute approximate surface area is 258 Å². The van der Waals surface area contributed by atoms with Crippen LogP contribution in [0, 0.1) is 27.9 Å². The van der Waals surface area contributed by atoms with Crippen LogP contribution in [-0.4, -0.2) is 57.0 Å². The van der Waals surface area contributed by atoms with Gasteiger partial charge in [-0.2, -0.15) is 0 Å². The van der Waals surface area contributed by atoms with Crippen LogP contribution in [0.2, 0.25) is 0 Å². The zero-order chi connectivity index (χ0) is 28.9. The fraction of sp³-hybridized carbons (Fsp3) is 1.00. The summed E-state index contributed by atoms with van der Waals surface area (Å²) in [5.74, 6) is 2.86. The number of hydrogen-bond acceptors (Lipinski definition) is 4. The van der Waals surface area contributed by atoms with E-state index in [1.165, 1.54) is 141 Å². The molecule has 0 heterocycles. The number of nitrogens with zero attached hydrogens (tertiary/aromatic N) is 3. The average Bonchev–Trinajstić information content (AvgIpc) is 3.03. The number of hydrogen-bond donors (Lipinski definition) is 0. The molecule has 2 atom stereocenters. The summed E-state index contributed by atoms with van der Waals surface area (Å²) >= 11 is 0. The molecule has 0 saturated heterocycles. The van der Waals surface area contributed by atoms with Crippen molar-refractivity contribution in [3.05, 3.63) is 10.1 Å². The summed E-state index contributed by atoms with van der Waals surface area (Å²) in [4.78, 5) is 17.6. The largest absolute Gasteiger partial charge is 0.294 e. The van der Waals surface area contributed by atoms with Crippen molar-refractivity contribution >= 4 is 0 Å². The molecule has 0 aromatic carbocycles. The lowest BCUT2D eigenvalue weighted by Crippen LogP contribution is -2.53. The summed E-state index contributed by atoms with van der Waals surface area (Å²) in [7, 11) is 0. The molecule has 6 rings (SSSR count). The highest BCUT2D eigenvalue weighted by atomic mass is 16.6. The van der Waals surface area contributed by atoms with Gasteiger partial charge in [-0.1, -0.05) is 58.3 Å². The van der Waals surface area contributed by atoms with Gasteiger partial charge in [0.1, 0.15) is 0 Å². The minimum atomic E-state index is -0.282. The Kier molecular flexibility index (Phi) is 11.2.